The Bertz CT molecular complexity index is 942. The molecule has 0 unspecified atom stereocenters. The van der Waals surface area contributed by atoms with Crippen LogP contribution in [0.1, 0.15) is 24.5 Å². The van der Waals surface area contributed by atoms with Crippen LogP contribution >= 0.6 is 0 Å². The van der Waals surface area contributed by atoms with Gasteiger partial charge in [-0.05, 0) is 37.6 Å². The van der Waals surface area contributed by atoms with Crippen molar-refractivity contribution < 1.29 is 26.4 Å². The smallest absolute Gasteiger partial charge is 0.324 e. The molecule has 0 aliphatic rings. The molecule has 0 heterocycles. The van der Waals surface area contributed by atoms with Crippen molar-refractivity contribution >= 4 is 27.3 Å². The van der Waals surface area contributed by atoms with E-state index in [4.69, 9.17) is 0 Å². The van der Waals surface area contributed by atoms with Crippen molar-refractivity contribution in [3.05, 3.63) is 59.7 Å². The number of para-hydroxylation sites is 1. The Balaban J connectivity index is 2.42. The molecule has 9 heteroatoms. The molecule has 1 atom stereocenters. The van der Waals surface area contributed by atoms with Crippen LogP contribution in [0.2, 0.25) is 0 Å². The second-order valence-electron chi connectivity index (χ2n) is 6.35. The summed E-state index contributed by atoms with van der Waals surface area (Å²) in [5, 5.41) is 2.24. The number of halogens is 3. The lowest BCUT2D eigenvalue weighted by atomic mass is 10.1. The number of benzene rings is 2. The average Bonchev–Trinajstić information content (AvgIpc) is 2.59. The number of sulfonamides is 1. The first-order valence-corrected chi connectivity index (χ1v) is 10.3. The van der Waals surface area contributed by atoms with E-state index in [1.165, 1.54) is 12.1 Å². The predicted molar refractivity (Wildman–Crippen MR) is 103 cm³/mol. The highest BCUT2D eigenvalue weighted by molar-refractivity contribution is 7.92. The number of alkyl halides is 3. The normalized spacial score (nSPS) is 13.1. The fraction of sp³-hybridized carbons (Fsp3) is 0.316. The quantitative estimate of drug-likeness (QED) is 0.771. The Morgan fingerprint density at radius 2 is 1.68 bits per heavy atom. The third-order valence-electron chi connectivity index (χ3n) is 4.11. The molecule has 0 fully saturated rings. The van der Waals surface area contributed by atoms with Crippen molar-refractivity contribution in [2.75, 3.05) is 15.9 Å². The van der Waals surface area contributed by atoms with Gasteiger partial charge >= 0.3 is 6.18 Å². The average molecular weight is 414 g/mol. The highest BCUT2D eigenvalue weighted by Gasteiger charge is 2.36. The van der Waals surface area contributed by atoms with Crippen molar-refractivity contribution in [1.29, 1.82) is 0 Å². The van der Waals surface area contributed by atoms with E-state index in [-0.39, 0.29) is 12.1 Å². The van der Waals surface area contributed by atoms with Crippen molar-refractivity contribution in [3.63, 3.8) is 0 Å². The van der Waals surface area contributed by atoms with Gasteiger partial charge in [-0.3, -0.25) is 9.10 Å². The second-order valence-corrected chi connectivity index (χ2v) is 8.21. The molecule has 0 spiro atoms. The zero-order chi connectivity index (χ0) is 21.1. The number of hydrogen-bond acceptors (Lipinski definition) is 3. The molecule has 28 heavy (non-hydrogen) atoms. The predicted octanol–water partition coefficient (Wildman–Crippen LogP) is 4.20. The number of hydrogen-bond donors (Lipinski definition) is 1. The molecule has 2 rings (SSSR count). The topological polar surface area (TPSA) is 66.5 Å². The minimum absolute atomic E-state index is 0.0704. The maximum atomic E-state index is 13.2. The zero-order valence-electron chi connectivity index (χ0n) is 15.6. The van der Waals surface area contributed by atoms with Gasteiger partial charge in [-0.25, -0.2) is 8.42 Å². The van der Waals surface area contributed by atoms with Crippen LogP contribution in [0.3, 0.4) is 0 Å². The molecule has 0 saturated heterocycles. The Kier molecular flexibility index (Phi) is 6.38. The van der Waals surface area contributed by atoms with Gasteiger partial charge in [0, 0.05) is 0 Å². The maximum Gasteiger partial charge on any atom is 0.418 e. The Hall–Kier alpha value is -2.55. The molecular weight excluding hydrogens is 393 g/mol. The summed E-state index contributed by atoms with van der Waals surface area (Å²) in [6.45, 7) is 3.42. The standard InChI is InChI=1S/C19H21F3N2O3S/c1-4-17(24(28(3,26)27)14-11-9-13(2)10-12-14)18(25)23-16-8-6-5-7-15(16)19(20,21)22/h5-12,17H,4H2,1-3H3,(H,23,25)/t17-/m0/s1. The summed E-state index contributed by atoms with van der Waals surface area (Å²) < 4.78 is 65.2. The van der Waals surface area contributed by atoms with E-state index in [0.29, 0.717) is 0 Å². The third kappa shape index (κ3) is 5.03. The number of carbonyl (C=O) groups excluding carboxylic acids is 1. The van der Waals surface area contributed by atoms with E-state index in [2.05, 4.69) is 5.32 Å². The number of rotatable bonds is 6. The first kappa shape index (κ1) is 21.7. The van der Waals surface area contributed by atoms with Crippen LogP contribution in [0.15, 0.2) is 48.5 Å². The molecule has 2 aromatic carbocycles. The highest BCUT2D eigenvalue weighted by Crippen LogP contribution is 2.35. The summed E-state index contributed by atoms with van der Waals surface area (Å²) in [6.07, 6.45) is -3.63. The molecule has 0 aliphatic carbocycles. The van der Waals surface area contributed by atoms with Crippen LogP contribution in [0.25, 0.3) is 0 Å². The van der Waals surface area contributed by atoms with Crippen LogP contribution in [0, 0.1) is 6.92 Å². The number of amides is 1. The van der Waals surface area contributed by atoms with Crippen LogP contribution in [-0.2, 0) is 21.0 Å². The van der Waals surface area contributed by atoms with Gasteiger partial charge in [-0.1, -0.05) is 36.8 Å². The Morgan fingerprint density at radius 1 is 1.11 bits per heavy atom. The minimum Gasteiger partial charge on any atom is -0.324 e. The summed E-state index contributed by atoms with van der Waals surface area (Å²) in [7, 11) is -3.87. The van der Waals surface area contributed by atoms with Gasteiger partial charge in [0.2, 0.25) is 15.9 Å². The monoisotopic (exact) mass is 414 g/mol. The molecule has 1 amide bonds. The number of nitrogens with one attached hydrogen (secondary N) is 1. The molecule has 0 radical (unpaired) electrons. The van der Waals surface area contributed by atoms with Gasteiger partial charge in [-0.15, -0.1) is 0 Å². The molecule has 0 saturated carbocycles. The lowest BCUT2D eigenvalue weighted by Crippen LogP contribution is -2.47. The Morgan fingerprint density at radius 3 is 2.18 bits per heavy atom. The first-order chi connectivity index (χ1) is 12.9. The van der Waals surface area contributed by atoms with Crippen molar-refractivity contribution in [2.45, 2.75) is 32.5 Å². The van der Waals surface area contributed by atoms with Crippen LogP contribution < -0.4 is 9.62 Å². The lowest BCUT2D eigenvalue weighted by molar-refractivity contribution is -0.137. The fourth-order valence-electron chi connectivity index (χ4n) is 2.81. The highest BCUT2D eigenvalue weighted by atomic mass is 32.2. The molecule has 2 aromatic rings. The van der Waals surface area contributed by atoms with E-state index < -0.39 is 39.4 Å². The third-order valence-corrected chi connectivity index (χ3v) is 5.29. The zero-order valence-corrected chi connectivity index (χ0v) is 16.4. The summed E-state index contributed by atoms with van der Waals surface area (Å²) in [5.74, 6) is -0.842. The largest absolute Gasteiger partial charge is 0.418 e. The van der Waals surface area contributed by atoms with Crippen molar-refractivity contribution in [3.8, 4) is 0 Å². The van der Waals surface area contributed by atoms with Gasteiger partial charge in [-0.2, -0.15) is 13.2 Å². The summed E-state index contributed by atoms with van der Waals surface area (Å²) in [5.41, 5.74) is -0.261. The number of aryl methyl sites for hydroxylation is 1. The Labute approximate surface area is 162 Å². The minimum atomic E-state index is -4.65. The number of anilines is 2. The van der Waals surface area contributed by atoms with Gasteiger partial charge in [0.1, 0.15) is 6.04 Å². The SMILES string of the molecule is CC[C@@H](C(=O)Nc1ccccc1C(F)(F)F)N(c1ccc(C)cc1)S(C)(=O)=O. The van der Waals surface area contributed by atoms with Crippen LogP contribution in [-0.4, -0.2) is 26.6 Å². The fourth-order valence-corrected chi connectivity index (χ4v) is 4.02. The van der Waals surface area contributed by atoms with E-state index in [1.54, 1.807) is 31.2 Å². The maximum absolute atomic E-state index is 13.2. The van der Waals surface area contributed by atoms with Gasteiger partial charge in [0.05, 0.1) is 23.2 Å². The van der Waals surface area contributed by atoms with Gasteiger partial charge in [0.25, 0.3) is 0 Å². The molecule has 0 aromatic heterocycles. The van der Waals surface area contributed by atoms with E-state index in [1.807, 2.05) is 6.92 Å². The molecular formula is C19H21F3N2O3S. The van der Waals surface area contributed by atoms with E-state index in [0.717, 1.165) is 28.3 Å². The first-order valence-electron chi connectivity index (χ1n) is 8.48. The molecule has 5 nitrogen and oxygen atoms in total. The summed E-state index contributed by atoms with van der Waals surface area (Å²) in [6, 6.07) is 9.83. The van der Waals surface area contributed by atoms with E-state index >= 15 is 0 Å². The second kappa shape index (κ2) is 8.22. The van der Waals surface area contributed by atoms with Crippen LogP contribution in [0.4, 0.5) is 24.5 Å². The van der Waals surface area contributed by atoms with Crippen LogP contribution in [0.5, 0.6) is 0 Å². The van der Waals surface area contributed by atoms with Crippen molar-refractivity contribution in [2.24, 2.45) is 0 Å². The molecule has 1 N–H and O–H groups in total. The number of nitrogens with zero attached hydrogens (tertiary/aromatic N) is 1. The molecule has 152 valence electrons. The summed E-state index contributed by atoms with van der Waals surface area (Å²) >= 11 is 0. The molecule has 0 aliphatic heterocycles. The van der Waals surface area contributed by atoms with Gasteiger partial charge < -0.3 is 5.32 Å². The van der Waals surface area contributed by atoms with Gasteiger partial charge in [0.15, 0.2) is 0 Å². The lowest BCUT2D eigenvalue weighted by Gasteiger charge is -2.30. The molecule has 0 bridgehead atoms. The van der Waals surface area contributed by atoms with E-state index in [9.17, 15) is 26.4 Å². The van der Waals surface area contributed by atoms with Crippen molar-refractivity contribution in [1.82, 2.24) is 0 Å². The summed E-state index contributed by atoms with van der Waals surface area (Å²) in [4.78, 5) is 12.8. The number of carbonyl (C=O) groups is 1.